The standard InChI is InChI=1S/C24H26F4N2O4/c25-18-6-8-19(9-7-18)29-20-10-4-16(5-11-21(20)31)23(34)30(14-22(32)33)13-15-2-1-3-17(12-15)24(26,27)28/h1-3,6-9,12,16,20-21,29,31H,4-5,10-11,13-14H2,(H,32,33)/t16-,20+,21+/m1/s1. The van der Waals surface area contributed by atoms with Crippen LogP contribution in [0, 0.1) is 11.7 Å². The highest BCUT2D eigenvalue weighted by Gasteiger charge is 2.33. The van der Waals surface area contributed by atoms with Crippen molar-refractivity contribution in [1.82, 2.24) is 4.90 Å². The van der Waals surface area contributed by atoms with Crippen LogP contribution >= 0.6 is 0 Å². The SMILES string of the molecule is O=C(O)CN(Cc1cccc(C(F)(F)F)c1)C(=O)[C@@H]1CC[C@H](Nc2ccc(F)cc2)[C@@H](O)CC1. The number of carboxylic acid groups (broad SMARTS) is 1. The molecule has 3 atom stereocenters. The van der Waals surface area contributed by atoms with E-state index < -0.39 is 48.0 Å². The molecular weight excluding hydrogens is 456 g/mol. The number of carbonyl (C=O) groups excluding carboxylic acids is 1. The van der Waals surface area contributed by atoms with Gasteiger partial charge in [-0.25, -0.2) is 4.39 Å². The monoisotopic (exact) mass is 482 g/mol. The lowest BCUT2D eigenvalue weighted by Crippen LogP contribution is -2.39. The Kier molecular flexibility index (Phi) is 8.14. The third-order valence-electron chi connectivity index (χ3n) is 5.91. The number of aliphatic hydroxyl groups excluding tert-OH is 1. The molecule has 0 bridgehead atoms. The summed E-state index contributed by atoms with van der Waals surface area (Å²) in [5.74, 6) is -2.73. The van der Waals surface area contributed by atoms with Gasteiger partial charge in [0, 0.05) is 18.2 Å². The van der Waals surface area contributed by atoms with Crippen LogP contribution in [0.4, 0.5) is 23.2 Å². The smallest absolute Gasteiger partial charge is 0.416 e. The fourth-order valence-corrected chi connectivity index (χ4v) is 4.17. The van der Waals surface area contributed by atoms with Gasteiger partial charge >= 0.3 is 12.1 Å². The van der Waals surface area contributed by atoms with Gasteiger partial charge in [-0.3, -0.25) is 9.59 Å². The molecule has 1 aliphatic carbocycles. The first-order valence-corrected chi connectivity index (χ1v) is 10.9. The Morgan fingerprint density at radius 3 is 2.35 bits per heavy atom. The predicted octanol–water partition coefficient (Wildman–Crippen LogP) is 4.29. The number of carbonyl (C=O) groups is 2. The molecule has 184 valence electrons. The third kappa shape index (κ3) is 6.93. The number of benzene rings is 2. The number of nitrogens with zero attached hydrogens (tertiary/aromatic N) is 1. The van der Waals surface area contributed by atoms with Crippen LogP contribution in [0.1, 0.15) is 36.8 Å². The van der Waals surface area contributed by atoms with E-state index in [-0.39, 0.29) is 24.6 Å². The Hall–Kier alpha value is -3.14. The van der Waals surface area contributed by atoms with Crippen LogP contribution in [-0.2, 0) is 22.3 Å². The molecule has 0 unspecified atom stereocenters. The number of rotatable bonds is 7. The molecule has 34 heavy (non-hydrogen) atoms. The molecule has 1 saturated carbocycles. The topological polar surface area (TPSA) is 89.9 Å². The van der Waals surface area contributed by atoms with Crippen molar-refractivity contribution >= 4 is 17.6 Å². The summed E-state index contributed by atoms with van der Waals surface area (Å²) in [7, 11) is 0. The lowest BCUT2D eigenvalue weighted by atomic mass is 9.98. The van der Waals surface area contributed by atoms with Crippen molar-refractivity contribution in [2.75, 3.05) is 11.9 Å². The molecule has 0 spiro atoms. The molecule has 0 aromatic heterocycles. The van der Waals surface area contributed by atoms with Gasteiger partial charge in [-0.2, -0.15) is 13.2 Å². The fraction of sp³-hybridized carbons (Fsp3) is 0.417. The number of anilines is 1. The van der Waals surface area contributed by atoms with Crippen molar-refractivity contribution in [3.63, 3.8) is 0 Å². The van der Waals surface area contributed by atoms with Crippen LogP contribution in [0.5, 0.6) is 0 Å². The second kappa shape index (κ2) is 10.9. The molecule has 6 nitrogen and oxygen atoms in total. The maximum atomic E-state index is 13.2. The van der Waals surface area contributed by atoms with Gasteiger partial charge in [-0.05, 0) is 67.6 Å². The Morgan fingerprint density at radius 2 is 1.71 bits per heavy atom. The van der Waals surface area contributed by atoms with Gasteiger partial charge in [0.25, 0.3) is 0 Å². The summed E-state index contributed by atoms with van der Waals surface area (Å²) < 4.78 is 52.2. The summed E-state index contributed by atoms with van der Waals surface area (Å²) in [6.07, 6.45) is -3.99. The summed E-state index contributed by atoms with van der Waals surface area (Å²) in [6.45, 7) is -0.920. The molecule has 0 saturated heterocycles. The average molecular weight is 482 g/mol. The number of hydrogen-bond acceptors (Lipinski definition) is 4. The third-order valence-corrected chi connectivity index (χ3v) is 5.91. The highest BCUT2D eigenvalue weighted by molar-refractivity contribution is 5.83. The normalized spacial score (nSPS) is 20.9. The van der Waals surface area contributed by atoms with E-state index in [1.54, 1.807) is 12.1 Å². The molecule has 3 N–H and O–H groups in total. The highest BCUT2D eigenvalue weighted by Crippen LogP contribution is 2.31. The van der Waals surface area contributed by atoms with E-state index in [1.807, 2.05) is 0 Å². The number of aliphatic hydroxyl groups is 1. The highest BCUT2D eigenvalue weighted by atomic mass is 19.4. The van der Waals surface area contributed by atoms with E-state index in [1.165, 1.54) is 24.3 Å². The molecule has 1 amide bonds. The van der Waals surface area contributed by atoms with Crippen molar-refractivity contribution in [3.8, 4) is 0 Å². The quantitative estimate of drug-likeness (QED) is 0.405. The predicted molar refractivity (Wildman–Crippen MR) is 116 cm³/mol. The van der Waals surface area contributed by atoms with Crippen LogP contribution in [-0.4, -0.2) is 45.7 Å². The molecule has 1 fully saturated rings. The van der Waals surface area contributed by atoms with E-state index >= 15 is 0 Å². The summed E-state index contributed by atoms with van der Waals surface area (Å²) in [4.78, 5) is 25.6. The number of carboxylic acids is 1. The van der Waals surface area contributed by atoms with Crippen molar-refractivity contribution < 1.29 is 37.4 Å². The van der Waals surface area contributed by atoms with Crippen molar-refractivity contribution in [1.29, 1.82) is 0 Å². The summed E-state index contributed by atoms with van der Waals surface area (Å²) in [6, 6.07) is 9.71. The lowest BCUT2D eigenvalue weighted by molar-refractivity contribution is -0.147. The molecule has 3 rings (SSSR count). The number of hydrogen-bond donors (Lipinski definition) is 3. The van der Waals surface area contributed by atoms with E-state index in [0.29, 0.717) is 24.9 Å². The van der Waals surface area contributed by atoms with Crippen LogP contribution in [0.3, 0.4) is 0 Å². The molecular formula is C24H26F4N2O4. The van der Waals surface area contributed by atoms with Crippen LogP contribution in [0.15, 0.2) is 48.5 Å². The molecule has 0 heterocycles. The summed E-state index contributed by atoms with van der Waals surface area (Å²) in [5, 5.41) is 22.9. The van der Waals surface area contributed by atoms with Gasteiger partial charge in [0.1, 0.15) is 12.4 Å². The summed E-state index contributed by atoms with van der Waals surface area (Å²) >= 11 is 0. The van der Waals surface area contributed by atoms with Crippen LogP contribution in [0.2, 0.25) is 0 Å². The van der Waals surface area contributed by atoms with Crippen molar-refractivity contribution in [3.05, 3.63) is 65.5 Å². The number of alkyl halides is 3. The van der Waals surface area contributed by atoms with Crippen molar-refractivity contribution in [2.24, 2.45) is 5.92 Å². The molecule has 0 radical (unpaired) electrons. The Morgan fingerprint density at radius 1 is 1.03 bits per heavy atom. The van der Waals surface area contributed by atoms with Gasteiger partial charge in [0.2, 0.25) is 5.91 Å². The average Bonchev–Trinajstić information content (AvgIpc) is 2.95. The van der Waals surface area contributed by atoms with E-state index in [2.05, 4.69) is 5.32 Å². The van der Waals surface area contributed by atoms with Crippen LogP contribution in [0.25, 0.3) is 0 Å². The second-order valence-electron chi connectivity index (χ2n) is 8.46. The molecule has 1 aliphatic rings. The van der Waals surface area contributed by atoms with Gasteiger partial charge < -0.3 is 20.4 Å². The molecule has 2 aromatic carbocycles. The lowest BCUT2D eigenvalue weighted by Gasteiger charge is -2.26. The van der Waals surface area contributed by atoms with Gasteiger partial charge in [0.15, 0.2) is 0 Å². The van der Waals surface area contributed by atoms with Crippen LogP contribution < -0.4 is 5.32 Å². The number of amides is 1. The van der Waals surface area contributed by atoms with Crippen molar-refractivity contribution in [2.45, 2.75) is 50.6 Å². The first-order chi connectivity index (χ1) is 16.0. The first-order valence-electron chi connectivity index (χ1n) is 10.9. The maximum Gasteiger partial charge on any atom is 0.416 e. The minimum absolute atomic E-state index is 0.175. The van der Waals surface area contributed by atoms with Gasteiger partial charge in [-0.1, -0.05) is 12.1 Å². The van der Waals surface area contributed by atoms with E-state index in [4.69, 9.17) is 0 Å². The largest absolute Gasteiger partial charge is 0.480 e. The van der Waals surface area contributed by atoms with Gasteiger partial charge in [0.05, 0.1) is 17.7 Å². The van der Waals surface area contributed by atoms with Gasteiger partial charge in [-0.15, -0.1) is 0 Å². The van der Waals surface area contributed by atoms with E-state index in [0.717, 1.165) is 17.0 Å². The number of nitrogens with one attached hydrogen (secondary N) is 1. The first kappa shape index (κ1) is 25.5. The van der Waals surface area contributed by atoms with E-state index in [9.17, 15) is 37.4 Å². The number of halogens is 4. The maximum absolute atomic E-state index is 13.2. The number of aliphatic carboxylic acids is 1. The Labute approximate surface area is 194 Å². The minimum atomic E-state index is -4.55. The molecule has 10 heteroatoms. The minimum Gasteiger partial charge on any atom is -0.480 e. The second-order valence-corrected chi connectivity index (χ2v) is 8.46. The zero-order valence-corrected chi connectivity index (χ0v) is 18.3. The Bertz CT molecular complexity index is 997. The zero-order chi connectivity index (χ0) is 24.9. The molecule has 0 aliphatic heterocycles. The fourth-order valence-electron chi connectivity index (χ4n) is 4.17. The zero-order valence-electron chi connectivity index (χ0n) is 18.3. The summed E-state index contributed by atoms with van der Waals surface area (Å²) in [5.41, 5.74) is -0.0822. The molecule has 2 aromatic rings. The Balaban J connectivity index is 1.70.